The van der Waals surface area contributed by atoms with Crippen molar-refractivity contribution in [1.82, 2.24) is 14.8 Å². The van der Waals surface area contributed by atoms with E-state index in [2.05, 4.69) is 20.1 Å². The molecule has 1 aliphatic carbocycles. The summed E-state index contributed by atoms with van der Waals surface area (Å²) in [7, 11) is 0. The zero-order valence-electron chi connectivity index (χ0n) is 8.22. The Bertz CT molecular complexity index is 328. The van der Waals surface area contributed by atoms with Crippen molar-refractivity contribution in [2.75, 3.05) is 11.9 Å². The van der Waals surface area contributed by atoms with Crippen LogP contribution in [0, 0.1) is 11.8 Å². The van der Waals surface area contributed by atoms with Crippen LogP contribution in [0.5, 0.6) is 0 Å². The van der Waals surface area contributed by atoms with Gasteiger partial charge < -0.3 is 5.73 Å². The fourth-order valence-electron chi connectivity index (χ4n) is 2.04. The van der Waals surface area contributed by atoms with Gasteiger partial charge in [0, 0.05) is 17.5 Å². The predicted octanol–water partition coefficient (Wildman–Crippen LogP) is 0.247. The molecule has 82 valence electrons. The largest absolute Gasteiger partial charge is 0.330 e. The average molecular weight is 227 g/mol. The fraction of sp³-hybridized carbons (Fsp3) is 0.750. The van der Waals surface area contributed by atoms with Crippen LogP contribution in [0.3, 0.4) is 0 Å². The highest BCUT2D eigenvalue weighted by Crippen LogP contribution is 2.31. The molecule has 2 unspecified atom stereocenters. The van der Waals surface area contributed by atoms with Gasteiger partial charge in [0.15, 0.2) is 0 Å². The summed E-state index contributed by atoms with van der Waals surface area (Å²) in [5.41, 5.74) is 5.62. The Balaban J connectivity index is 1.96. The van der Waals surface area contributed by atoms with Crippen molar-refractivity contribution in [1.29, 1.82) is 0 Å². The number of anilines is 1. The second-order valence-electron chi connectivity index (χ2n) is 3.69. The van der Waals surface area contributed by atoms with Crippen LogP contribution in [0.4, 0.5) is 5.13 Å². The van der Waals surface area contributed by atoms with Gasteiger partial charge in [-0.25, -0.2) is 0 Å². The minimum atomic E-state index is 0.00139. The summed E-state index contributed by atoms with van der Waals surface area (Å²) in [5.74, 6) is 0.339. The van der Waals surface area contributed by atoms with E-state index in [1.165, 1.54) is 0 Å². The highest BCUT2D eigenvalue weighted by Gasteiger charge is 2.32. The molecule has 1 heterocycles. The molecule has 0 aromatic carbocycles. The number of amides is 1. The van der Waals surface area contributed by atoms with Crippen molar-refractivity contribution >= 4 is 22.6 Å². The topological polar surface area (TPSA) is 93.8 Å². The van der Waals surface area contributed by atoms with Crippen molar-refractivity contribution in [2.24, 2.45) is 17.6 Å². The maximum Gasteiger partial charge on any atom is 0.231 e. The summed E-state index contributed by atoms with van der Waals surface area (Å²) in [6.07, 6.45) is 3.04. The lowest BCUT2D eigenvalue weighted by molar-refractivity contribution is -0.120. The summed E-state index contributed by atoms with van der Waals surface area (Å²) in [4.78, 5) is 11.8. The Kier molecular flexibility index (Phi) is 3.22. The zero-order valence-corrected chi connectivity index (χ0v) is 9.04. The molecule has 6 nitrogen and oxygen atoms in total. The second kappa shape index (κ2) is 4.63. The number of nitrogens with zero attached hydrogens (tertiary/aromatic N) is 3. The van der Waals surface area contributed by atoms with Crippen molar-refractivity contribution < 1.29 is 4.79 Å². The molecule has 1 aliphatic rings. The Morgan fingerprint density at radius 1 is 1.60 bits per heavy atom. The molecule has 2 rings (SSSR count). The van der Waals surface area contributed by atoms with E-state index >= 15 is 0 Å². The minimum Gasteiger partial charge on any atom is -0.330 e. The van der Waals surface area contributed by atoms with Crippen molar-refractivity contribution in [3.8, 4) is 0 Å². The van der Waals surface area contributed by atoms with Crippen molar-refractivity contribution in [3.63, 3.8) is 0 Å². The van der Waals surface area contributed by atoms with Crippen molar-refractivity contribution in [3.05, 3.63) is 0 Å². The van der Waals surface area contributed by atoms with E-state index in [-0.39, 0.29) is 11.8 Å². The first-order valence-electron chi connectivity index (χ1n) is 4.97. The minimum absolute atomic E-state index is 0.00139. The van der Waals surface area contributed by atoms with Gasteiger partial charge in [0.05, 0.1) is 0 Å². The van der Waals surface area contributed by atoms with Crippen LogP contribution in [-0.2, 0) is 4.79 Å². The maximum absolute atomic E-state index is 11.8. The molecule has 1 aromatic heterocycles. The molecule has 1 aromatic rings. The summed E-state index contributed by atoms with van der Waals surface area (Å²) < 4.78 is 3.58. The molecular formula is C8H13N5OS. The van der Waals surface area contributed by atoms with E-state index in [1.54, 1.807) is 0 Å². The van der Waals surface area contributed by atoms with Gasteiger partial charge >= 0.3 is 0 Å². The van der Waals surface area contributed by atoms with Crippen LogP contribution in [0.1, 0.15) is 19.3 Å². The lowest BCUT2D eigenvalue weighted by Gasteiger charge is -2.15. The third-order valence-electron chi connectivity index (χ3n) is 2.83. The SMILES string of the molecule is NCC1CCCC1C(=O)Nc1nnns1. The van der Waals surface area contributed by atoms with E-state index in [0.29, 0.717) is 17.6 Å². The summed E-state index contributed by atoms with van der Waals surface area (Å²) in [6, 6.07) is 0. The van der Waals surface area contributed by atoms with Gasteiger partial charge in [-0.1, -0.05) is 16.0 Å². The van der Waals surface area contributed by atoms with Crippen molar-refractivity contribution in [2.45, 2.75) is 19.3 Å². The number of nitrogens with two attached hydrogens (primary N) is 1. The number of hydrogen-bond acceptors (Lipinski definition) is 6. The first kappa shape index (κ1) is 10.4. The van der Waals surface area contributed by atoms with E-state index in [9.17, 15) is 4.79 Å². The molecule has 1 amide bonds. The van der Waals surface area contributed by atoms with Gasteiger partial charge in [0.2, 0.25) is 11.0 Å². The Labute approximate surface area is 91.4 Å². The van der Waals surface area contributed by atoms with Gasteiger partial charge in [-0.15, -0.1) is 0 Å². The lowest BCUT2D eigenvalue weighted by Crippen LogP contribution is -2.29. The van der Waals surface area contributed by atoms with Crippen LogP contribution in [0.2, 0.25) is 0 Å². The normalized spacial score (nSPS) is 25.4. The van der Waals surface area contributed by atoms with Gasteiger partial charge in [0.25, 0.3) is 0 Å². The lowest BCUT2D eigenvalue weighted by atomic mass is 9.95. The highest BCUT2D eigenvalue weighted by molar-refractivity contribution is 7.09. The molecule has 0 aliphatic heterocycles. The number of nitrogens with one attached hydrogen (secondary N) is 1. The van der Waals surface area contributed by atoms with Crippen LogP contribution in [0.25, 0.3) is 0 Å². The van der Waals surface area contributed by atoms with E-state index < -0.39 is 0 Å². The first-order chi connectivity index (χ1) is 7.31. The third kappa shape index (κ3) is 2.29. The Morgan fingerprint density at radius 2 is 2.47 bits per heavy atom. The molecule has 7 heteroatoms. The fourth-order valence-corrected chi connectivity index (χ4v) is 2.41. The molecule has 0 bridgehead atoms. The Morgan fingerprint density at radius 3 is 3.13 bits per heavy atom. The summed E-state index contributed by atoms with van der Waals surface area (Å²) in [6.45, 7) is 0.576. The average Bonchev–Trinajstić information content (AvgIpc) is 2.86. The van der Waals surface area contributed by atoms with Gasteiger partial charge in [0.1, 0.15) is 0 Å². The smallest absolute Gasteiger partial charge is 0.231 e. The molecule has 3 N–H and O–H groups in total. The molecule has 2 atom stereocenters. The molecule has 0 radical (unpaired) electrons. The number of hydrogen-bond donors (Lipinski definition) is 2. The van der Waals surface area contributed by atoms with Crippen LogP contribution in [-0.4, -0.2) is 27.3 Å². The van der Waals surface area contributed by atoms with Crippen LogP contribution >= 0.6 is 11.5 Å². The number of carbonyl (C=O) groups is 1. The zero-order chi connectivity index (χ0) is 10.7. The highest BCUT2D eigenvalue weighted by atomic mass is 32.1. The molecule has 1 fully saturated rings. The number of aromatic nitrogens is 3. The number of carbonyl (C=O) groups excluding carboxylic acids is 1. The summed E-state index contributed by atoms with van der Waals surface area (Å²) >= 11 is 1.08. The van der Waals surface area contributed by atoms with E-state index in [4.69, 9.17) is 5.73 Å². The van der Waals surface area contributed by atoms with Crippen LogP contribution < -0.4 is 11.1 Å². The first-order valence-corrected chi connectivity index (χ1v) is 5.74. The third-order valence-corrected chi connectivity index (χ3v) is 3.34. The Hall–Kier alpha value is -1.08. The second-order valence-corrected chi connectivity index (χ2v) is 4.42. The predicted molar refractivity (Wildman–Crippen MR) is 56.2 cm³/mol. The monoisotopic (exact) mass is 227 g/mol. The summed E-state index contributed by atoms with van der Waals surface area (Å²) in [5, 5.41) is 10.3. The van der Waals surface area contributed by atoms with Gasteiger partial charge in [-0.05, 0) is 30.5 Å². The van der Waals surface area contributed by atoms with E-state index in [0.717, 1.165) is 30.8 Å². The van der Waals surface area contributed by atoms with Gasteiger partial charge in [-0.3, -0.25) is 10.1 Å². The quantitative estimate of drug-likeness (QED) is 0.771. The molecule has 0 saturated heterocycles. The standard InChI is InChI=1S/C8H13N5OS/c9-4-5-2-1-3-6(5)7(14)10-8-11-12-13-15-8/h5-6H,1-4,9H2,(H,10,11,13,14). The molecular weight excluding hydrogens is 214 g/mol. The number of rotatable bonds is 3. The molecule has 15 heavy (non-hydrogen) atoms. The van der Waals surface area contributed by atoms with Crippen LogP contribution in [0.15, 0.2) is 0 Å². The maximum atomic E-state index is 11.8. The molecule has 1 saturated carbocycles. The van der Waals surface area contributed by atoms with E-state index in [1.807, 2.05) is 0 Å². The molecule has 0 spiro atoms. The van der Waals surface area contributed by atoms with Gasteiger partial charge in [-0.2, -0.15) is 0 Å².